The Kier molecular flexibility index (Phi) is 6.49. The molecule has 1 aliphatic heterocycles. The average Bonchev–Trinajstić information content (AvgIpc) is 3.42. The summed E-state index contributed by atoms with van der Waals surface area (Å²) in [5.74, 6) is 0.640. The van der Waals surface area contributed by atoms with E-state index in [1.807, 2.05) is 54.8 Å². The number of rotatable bonds is 8. The summed E-state index contributed by atoms with van der Waals surface area (Å²) in [5.41, 5.74) is 3.58. The SMILES string of the molecule is Cc1cc(C(=O)CSc2nnc(NCc3ccccc3)s2)c(C)n1[C@H]1CCS(=O)(=O)C1. The van der Waals surface area contributed by atoms with Gasteiger partial charge < -0.3 is 9.88 Å². The number of carbonyl (C=O) groups is 1. The van der Waals surface area contributed by atoms with E-state index in [1.54, 1.807) is 0 Å². The quantitative estimate of drug-likeness (QED) is 0.389. The van der Waals surface area contributed by atoms with Gasteiger partial charge in [0.1, 0.15) is 0 Å². The molecule has 3 aromatic rings. The van der Waals surface area contributed by atoms with Gasteiger partial charge in [0.05, 0.1) is 17.3 Å². The van der Waals surface area contributed by atoms with E-state index in [0.717, 1.165) is 26.4 Å². The van der Waals surface area contributed by atoms with Crippen LogP contribution in [0.5, 0.6) is 0 Å². The maximum atomic E-state index is 12.9. The predicted molar refractivity (Wildman–Crippen MR) is 125 cm³/mol. The van der Waals surface area contributed by atoms with Crippen molar-refractivity contribution < 1.29 is 13.2 Å². The van der Waals surface area contributed by atoms with E-state index in [-0.39, 0.29) is 29.1 Å². The van der Waals surface area contributed by atoms with Gasteiger partial charge in [-0.1, -0.05) is 53.4 Å². The number of anilines is 1. The zero-order valence-electron chi connectivity index (χ0n) is 17.4. The number of aromatic nitrogens is 3. The minimum absolute atomic E-state index is 0.0131. The van der Waals surface area contributed by atoms with Crippen LogP contribution in [0.15, 0.2) is 40.7 Å². The molecule has 0 aliphatic carbocycles. The fourth-order valence-corrected chi connectivity index (χ4v) is 7.25. The van der Waals surface area contributed by atoms with Gasteiger partial charge in [0.2, 0.25) is 5.13 Å². The van der Waals surface area contributed by atoms with Crippen LogP contribution in [0.1, 0.15) is 39.8 Å². The van der Waals surface area contributed by atoms with Crippen molar-refractivity contribution in [3.8, 4) is 0 Å². The first-order chi connectivity index (χ1) is 14.8. The Hall–Kier alpha value is -2.17. The second kappa shape index (κ2) is 9.13. The number of benzene rings is 1. The highest BCUT2D eigenvalue weighted by molar-refractivity contribution is 8.01. The lowest BCUT2D eigenvalue weighted by molar-refractivity contribution is 0.102. The van der Waals surface area contributed by atoms with E-state index < -0.39 is 9.84 Å². The Morgan fingerprint density at radius 1 is 1.26 bits per heavy atom. The summed E-state index contributed by atoms with van der Waals surface area (Å²) >= 11 is 2.80. The molecule has 164 valence electrons. The molecule has 0 saturated carbocycles. The molecule has 10 heteroatoms. The summed E-state index contributed by atoms with van der Waals surface area (Å²) in [6.45, 7) is 4.49. The van der Waals surface area contributed by atoms with Crippen molar-refractivity contribution in [2.75, 3.05) is 22.6 Å². The smallest absolute Gasteiger partial charge is 0.206 e. The fourth-order valence-electron chi connectivity index (χ4n) is 3.92. The minimum Gasteiger partial charge on any atom is -0.356 e. The van der Waals surface area contributed by atoms with Gasteiger partial charge in [0.15, 0.2) is 20.0 Å². The van der Waals surface area contributed by atoms with Crippen molar-refractivity contribution >= 4 is 43.9 Å². The van der Waals surface area contributed by atoms with Crippen molar-refractivity contribution in [1.82, 2.24) is 14.8 Å². The van der Waals surface area contributed by atoms with Gasteiger partial charge >= 0.3 is 0 Å². The van der Waals surface area contributed by atoms with E-state index in [4.69, 9.17) is 0 Å². The molecule has 0 amide bonds. The molecule has 0 unspecified atom stereocenters. The van der Waals surface area contributed by atoms with Gasteiger partial charge in [-0.15, -0.1) is 10.2 Å². The summed E-state index contributed by atoms with van der Waals surface area (Å²) in [6.07, 6.45) is 0.602. The Bertz CT molecular complexity index is 1190. The number of hydrogen-bond donors (Lipinski definition) is 1. The highest BCUT2D eigenvalue weighted by Gasteiger charge is 2.31. The predicted octanol–water partition coefficient (Wildman–Crippen LogP) is 3.90. The number of hydrogen-bond acceptors (Lipinski definition) is 8. The Morgan fingerprint density at radius 2 is 2.03 bits per heavy atom. The number of sulfone groups is 1. The molecule has 2 aromatic heterocycles. The molecule has 4 rings (SSSR count). The number of aryl methyl sites for hydroxylation is 1. The van der Waals surface area contributed by atoms with Gasteiger partial charge in [0.25, 0.3) is 0 Å². The first-order valence-corrected chi connectivity index (χ1v) is 13.6. The van der Waals surface area contributed by atoms with E-state index in [2.05, 4.69) is 15.5 Å². The van der Waals surface area contributed by atoms with Crippen molar-refractivity contribution in [1.29, 1.82) is 0 Å². The average molecular weight is 477 g/mol. The number of thioether (sulfide) groups is 1. The molecule has 0 bridgehead atoms. The number of Topliss-reactive ketones (excluding diaryl/α,β-unsaturated/α-hetero) is 1. The fraction of sp³-hybridized carbons (Fsp3) is 0.381. The molecule has 0 radical (unpaired) electrons. The normalized spacial score (nSPS) is 17.7. The topological polar surface area (TPSA) is 93.9 Å². The number of nitrogens with one attached hydrogen (secondary N) is 1. The van der Waals surface area contributed by atoms with Gasteiger partial charge in [-0.2, -0.15) is 0 Å². The van der Waals surface area contributed by atoms with Crippen LogP contribution < -0.4 is 5.32 Å². The zero-order chi connectivity index (χ0) is 22.0. The van der Waals surface area contributed by atoms with E-state index in [9.17, 15) is 13.2 Å². The highest BCUT2D eigenvalue weighted by atomic mass is 32.2. The molecule has 0 spiro atoms. The molecule has 1 N–H and O–H groups in total. The maximum absolute atomic E-state index is 12.9. The lowest BCUT2D eigenvalue weighted by Crippen LogP contribution is -2.14. The molecule has 1 fully saturated rings. The monoisotopic (exact) mass is 476 g/mol. The van der Waals surface area contributed by atoms with E-state index in [1.165, 1.54) is 23.1 Å². The maximum Gasteiger partial charge on any atom is 0.206 e. The van der Waals surface area contributed by atoms with Crippen LogP contribution in [0.25, 0.3) is 0 Å². The van der Waals surface area contributed by atoms with Gasteiger partial charge in [0, 0.05) is 29.5 Å². The van der Waals surface area contributed by atoms with Gasteiger partial charge in [-0.3, -0.25) is 4.79 Å². The molecule has 1 aliphatic rings. The summed E-state index contributed by atoms with van der Waals surface area (Å²) in [7, 11) is -2.98. The molecular formula is C21H24N4O3S3. The Balaban J connectivity index is 1.36. The Morgan fingerprint density at radius 3 is 2.74 bits per heavy atom. The van der Waals surface area contributed by atoms with Crippen LogP contribution in [0.2, 0.25) is 0 Å². The van der Waals surface area contributed by atoms with Crippen LogP contribution in [0.4, 0.5) is 5.13 Å². The number of nitrogens with zero attached hydrogens (tertiary/aromatic N) is 3. The van der Waals surface area contributed by atoms with E-state index in [0.29, 0.717) is 18.5 Å². The number of ketones is 1. The van der Waals surface area contributed by atoms with Gasteiger partial charge in [-0.25, -0.2) is 8.42 Å². The Labute approximate surface area is 190 Å². The van der Waals surface area contributed by atoms with Crippen LogP contribution in [0, 0.1) is 13.8 Å². The molecule has 1 atom stereocenters. The van der Waals surface area contributed by atoms with Crippen LogP contribution in [0.3, 0.4) is 0 Å². The molecule has 7 nitrogen and oxygen atoms in total. The van der Waals surface area contributed by atoms with Gasteiger partial charge in [-0.05, 0) is 31.9 Å². The minimum atomic E-state index is -2.98. The van der Waals surface area contributed by atoms with Crippen LogP contribution in [-0.4, -0.2) is 46.2 Å². The van der Waals surface area contributed by atoms with Crippen molar-refractivity contribution in [3.63, 3.8) is 0 Å². The molecular weight excluding hydrogens is 452 g/mol. The first kappa shape index (κ1) is 22.0. The zero-order valence-corrected chi connectivity index (χ0v) is 19.8. The van der Waals surface area contributed by atoms with Crippen LogP contribution >= 0.6 is 23.1 Å². The summed E-state index contributed by atoms with van der Waals surface area (Å²) in [5, 5.41) is 12.3. The van der Waals surface area contributed by atoms with E-state index >= 15 is 0 Å². The lowest BCUT2D eigenvalue weighted by atomic mass is 10.2. The third-order valence-corrected chi connectivity index (χ3v) is 9.14. The molecule has 1 saturated heterocycles. The molecule has 31 heavy (non-hydrogen) atoms. The summed E-state index contributed by atoms with van der Waals surface area (Å²) < 4.78 is 26.5. The lowest BCUT2D eigenvalue weighted by Gasteiger charge is -2.16. The first-order valence-electron chi connectivity index (χ1n) is 9.98. The second-order valence-electron chi connectivity index (χ2n) is 7.64. The largest absolute Gasteiger partial charge is 0.356 e. The third-order valence-electron chi connectivity index (χ3n) is 5.38. The molecule has 1 aromatic carbocycles. The van der Waals surface area contributed by atoms with Crippen molar-refractivity contribution in [2.45, 2.75) is 37.2 Å². The van der Waals surface area contributed by atoms with Crippen molar-refractivity contribution in [3.05, 3.63) is 58.9 Å². The van der Waals surface area contributed by atoms with Crippen molar-refractivity contribution in [2.24, 2.45) is 0 Å². The third kappa shape index (κ3) is 5.19. The number of carbonyl (C=O) groups excluding carboxylic acids is 1. The second-order valence-corrected chi connectivity index (χ2v) is 12.1. The standard InChI is InChI=1S/C21H24N4O3S3/c1-14-10-18(15(2)25(14)17-8-9-31(27,28)13-17)19(26)12-29-21-24-23-20(30-21)22-11-16-6-4-3-5-7-16/h3-7,10,17H,8-9,11-13H2,1-2H3,(H,22,23)/t17-/m0/s1. The summed E-state index contributed by atoms with van der Waals surface area (Å²) in [6, 6.07) is 11.8. The highest BCUT2D eigenvalue weighted by Crippen LogP contribution is 2.31. The summed E-state index contributed by atoms with van der Waals surface area (Å²) in [4.78, 5) is 12.9. The van der Waals surface area contributed by atoms with Crippen LogP contribution in [-0.2, 0) is 16.4 Å². The molecule has 3 heterocycles.